The third kappa shape index (κ3) is 2.97. The zero-order chi connectivity index (χ0) is 17.4. The summed E-state index contributed by atoms with van der Waals surface area (Å²) in [6.07, 6.45) is 2.40. The molecule has 5 heteroatoms. The lowest BCUT2D eigenvalue weighted by Crippen LogP contribution is -2.34. The summed E-state index contributed by atoms with van der Waals surface area (Å²) in [7, 11) is 0. The molecule has 0 spiro atoms. The summed E-state index contributed by atoms with van der Waals surface area (Å²) >= 11 is 0. The van der Waals surface area contributed by atoms with Gasteiger partial charge in [-0.3, -0.25) is 9.78 Å². The van der Waals surface area contributed by atoms with E-state index in [0.717, 1.165) is 23.0 Å². The number of para-hydroxylation sites is 2. The van der Waals surface area contributed by atoms with E-state index in [9.17, 15) is 9.18 Å². The van der Waals surface area contributed by atoms with Gasteiger partial charge in [-0.1, -0.05) is 24.3 Å². The third-order valence-electron chi connectivity index (χ3n) is 4.84. The fourth-order valence-corrected chi connectivity index (χ4v) is 3.50. The number of hydrogen-bond donors (Lipinski definition) is 0. The van der Waals surface area contributed by atoms with Gasteiger partial charge in [-0.2, -0.15) is 0 Å². The van der Waals surface area contributed by atoms with Gasteiger partial charge in [0.05, 0.1) is 17.2 Å². The van der Waals surface area contributed by atoms with Crippen LogP contribution in [0, 0.1) is 5.82 Å². The molecule has 4 rings (SSSR count). The largest absolute Gasteiger partial charge is 0.334 e. The lowest BCUT2D eigenvalue weighted by molar-refractivity contribution is 0.0740. The molecule has 0 bridgehead atoms. The molecule has 1 aromatic heterocycles. The van der Waals surface area contributed by atoms with Gasteiger partial charge in [-0.05, 0) is 43.2 Å². The van der Waals surface area contributed by atoms with Crippen LogP contribution in [-0.4, -0.2) is 33.4 Å². The first-order valence-corrected chi connectivity index (χ1v) is 8.40. The molecule has 2 atom stereocenters. The Labute approximate surface area is 145 Å². The van der Waals surface area contributed by atoms with Gasteiger partial charge in [0.2, 0.25) is 0 Å². The topological polar surface area (TPSA) is 46.1 Å². The van der Waals surface area contributed by atoms with Crippen LogP contribution < -0.4 is 0 Å². The Morgan fingerprint density at radius 3 is 2.60 bits per heavy atom. The molecule has 1 saturated heterocycles. The van der Waals surface area contributed by atoms with Gasteiger partial charge in [0.25, 0.3) is 5.91 Å². The fraction of sp³-hybridized carbons (Fsp3) is 0.250. The lowest BCUT2D eigenvalue weighted by Gasteiger charge is -2.21. The third-order valence-corrected chi connectivity index (χ3v) is 4.84. The Morgan fingerprint density at radius 1 is 1.12 bits per heavy atom. The highest BCUT2D eigenvalue weighted by molar-refractivity contribution is 5.94. The van der Waals surface area contributed by atoms with E-state index in [1.807, 2.05) is 36.1 Å². The maximum Gasteiger partial charge on any atom is 0.274 e. The number of halogens is 1. The van der Waals surface area contributed by atoms with Crippen molar-refractivity contribution in [2.75, 3.05) is 6.54 Å². The number of aromatic nitrogens is 2. The molecule has 0 aliphatic carbocycles. The zero-order valence-corrected chi connectivity index (χ0v) is 13.9. The Kier molecular flexibility index (Phi) is 3.92. The van der Waals surface area contributed by atoms with Crippen molar-refractivity contribution in [3.63, 3.8) is 0 Å². The average molecular weight is 335 g/mol. The predicted molar refractivity (Wildman–Crippen MR) is 93.8 cm³/mol. The Morgan fingerprint density at radius 2 is 1.84 bits per heavy atom. The molecule has 1 aliphatic rings. The number of rotatable bonds is 2. The van der Waals surface area contributed by atoms with Crippen LogP contribution >= 0.6 is 0 Å². The monoisotopic (exact) mass is 335 g/mol. The van der Waals surface area contributed by atoms with E-state index in [2.05, 4.69) is 9.97 Å². The summed E-state index contributed by atoms with van der Waals surface area (Å²) in [5.41, 5.74) is 2.92. The predicted octanol–water partition coefficient (Wildman–Crippen LogP) is 3.79. The molecule has 2 heterocycles. The number of likely N-dealkylation sites (tertiary alicyclic amines) is 1. The van der Waals surface area contributed by atoms with Crippen molar-refractivity contribution in [2.24, 2.45) is 0 Å². The van der Waals surface area contributed by atoms with Crippen LogP contribution in [0.4, 0.5) is 4.39 Å². The summed E-state index contributed by atoms with van der Waals surface area (Å²) < 4.78 is 13.1. The second kappa shape index (κ2) is 6.24. The van der Waals surface area contributed by atoms with Crippen molar-refractivity contribution >= 4 is 16.9 Å². The maximum atomic E-state index is 13.1. The lowest BCUT2D eigenvalue weighted by atomic mass is 9.97. The Hall–Kier alpha value is -2.82. The Bertz CT molecular complexity index is 926. The Balaban J connectivity index is 1.57. The van der Waals surface area contributed by atoms with E-state index in [0.29, 0.717) is 12.2 Å². The molecule has 1 aliphatic heterocycles. The molecule has 1 fully saturated rings. The van der Waals surface area contributed by atoms with E-state index >= 15 is 0 Å². The van der Waals surface area contributed by atoms with E-state index in [-0.39, 0.29) is 23.7 Å². The zero-order valence-electron chi connectivity index (χ0n) is 13.9. The van der Waals surface area contributed by atoms with Gasteiger partial charge in [-0.15, -0.1) is 0 Å². The van der Waals surface area contributed by atoms with E-state index in [4.69, 9.17) is 0 Å². The normalized spacial score (nSPS) is 20.2. The minimum absolute atomic E-state index is 0.102. The van der Waals surface area contributed by atoms with Crippen LogP contribution in [0.1, 0.15) is 35.3 Å². The summed E-state index contributed by atoms with van der Waals surface area (Å²) in [5, 5.41) is 0. The van der Waals surface area contributed by atoms with Crippen LogP contribution in [0.5, 0.6) is 0 Å². The second-order valence-electron chi connectivity index (χ2n) is 6.53. The summed E-state index contributed by atoms with van der Waals surface area (Å²) in [5.74, 6) is -0.127. The average Bonchev–Trinajstić information content (AvgIpc) is 3.03. The summed E-state index contributed by atoms with van der Waals surface area (Å²) in [6, 6.07) is 14.2. The molecule has 0 saturated carbocycles. The smallest absolute Gasteiger partial charge is 0.274 e. The van der Waals surface area contributed by atoms with Gasteiger partial charge in [0.1, 0.15) is 11.5 Å². The number of carbonyl (C=O) groups excluding carboxylic acids is 1. The number of carbonyl (C=O) groups is 1. The van der Waals surface area contributed by atoms with Crippen molar-refractivity contribution in [3.05, 3.63) is 71.8 Å². The standard InChI is InChI=1S/C20H18FN3O/c1-13-10-15(14-6-8-16(21)9-7-14)12-24(13)20(25)19-11-22-17-4-2-3-5-18(17)23-19/h2-9,11,13,15H,10,12H2,1H3/t13-,15-/m0/s1. The molecule has 2 aromatic carbocycles. The molecule has 1 amide bonds. The quantitative estimate of drug-likeness (QED) is 0.716. The van der Waals surface area contributed by atoms with Crippen LogP contribution in [0.25, 0.3) is 11.0 Å². The van der Waals surface area contributed by atoms with Gasteiger partial charge in [0.15, 0.2) is 0 Å². The van der Waals surface area contributed by atoms with E-state index in [1.54, 1.807) is 18.3 Å². The van der Waals surface area contributed by atoms with Gasteiger partial charge < -0.3 is 4.90 Å². The van der Waals surface area contributed by atoms with Crippen LogP contribution in [0.2, 0.25) is 0 Å². The maximum absolute atomic E-state index is 13.1. The molecular formula is C20H18FN3O. The number of nitrogens with zero attached hydrogens (tertiary/aromatic N) is 3. The number of hydrogen-bond acceptors (Lipinski definition) is 3. The minimum Gasteiger partial charge on any atom is -0.334 e. The SMILES string of the molecule is C[C@H]1C[C@H](c2ccc(F)cc2)CN1C(=O)c1cnc2ccccc2n1. The minimum atomic E-state index is -0.242. The van der Waals surface area contributed by atoms with Crippen molar-refractivity contribution < 1.29 is 9.18 Å². The number of fused-ring (bicyclic) bond motifs is 1. The molecule has 0 radical (unpaired) electrons. The van der Waals surface area contributed by atoms with Gasteiger partial charge >= 0.3 is 0 Å². The van der Waals surface area contributed by atoms with Crippen LogP contribution in [0.15, 0.2) is 54.7 Å². The van der Waals surface area contributed by atoms with Gasteiger partial charge in [-0.25, -0.2) is 9.37 Å². The highest BCUT2D eigenvalue weighted by Gasteiger charge is 2.34. The number of benzene rings is 2. The van der Waals surface area contributed by atoms with E-state index in [1.165, 1.54) is 12.1 Å². The van der Waals surface area contributed by atoms with Gasteiger partial charge in [0, 0.05) is 18.5 Å². The van der Waals surface area contributed by atoms with Crippen LogP contribution in [0.3, 0.4) is 0 Å². The van der Waals surface area contributed by atoms with Crippen LogP contribution in [-0.2, 0) is 0 Å². The first kappa shape index (κ1) is 15.7. The fourth-order valence-electron chi connectivity index (χ4n) is 3.50. The molecule has 126 valence electrons. The molecule has 0 N–H and O–H groups in total. The molecular weight excluding hydrogens is 317 g/mol. The highest BCUT2D eigenvalue weighted by atomic mass is 19.1. The molecule has 3 aromatic rings. The van der Waals surface area contributed by atoms with Crippen molar-refractivity contribution in [2.45, 2.75) is 25.3 Å². The number of amides is 1. The molecule has 4 nitrogen and oxygen atoms in total. The van der Waals surface area contributed by atoms with Crippen molar-refractivity contribution in [3.8, 4) is 0 Å². The van der Waals surface area contributed by atoms with Crippen molar-refractivity contribution in [1.29, 1.82) is 0 Å². The second-order valence-corrected chi connectivity index (χ2v) is 6.53. The first-order valence-electron chi connectivity index (χ1n) is 8.40. The van der Waals surface area contributed by atoms with Crippen molar-refractivity contribution in [1.82, 2.24) is 14.9 Å². The molecule has 0 unspecified atom stereocenters. The summed E-state index contributed by atoms with van der Waals surface area (Å²) in [6.45, 7) is 2.65. The first-order chi connectivity index (χ1) is 12.1. The molecule has 25 heavy (non-hydrogen) atoms. The highest BCUT2D eigenvalue weighted by Crippen LogP contribution is 2.32. The van der Waals surface area contributed by atoms with E-state index < -0.39 is 0 Å². The summed E-state index contributed by atoms with van der Waals surface area (Å²) in [4.78, 5) is 23.5.